The second-order valence-electron chi connectivity index (χ2n) is 4.66. The Labute approximate surface area is 112 Å². The molecule has 1 saturated heterocycles. The van der Waals surface area contributed by atoms with Gasteiger partial charge in [0.25, 0.3) is 0 Å². The van der Waals surface area contributed by atoms with E-state index in [9.17, 15) is 0 Å². The van der Waals surface area contributed by atoms with E-state index in [0.29, 0.717) is 5.82 Å². The molecule has 0 radical (unpaired) electrons. The van der Waals surface area contributed by atoms with E-state index in [1.54, 1.807) is 6.07 Å². The summed E-state index contributed by atoms with van der Waals surface area (Å²) < 4.78 is 0. The Balaban J connectivity index is 1.85. The highest BCUT2D eigenvalue weighted by molar-refractivity contribution is 5.60. The number of nitrogen functional groups attached to an aromatic ring is 1. The number of nitrogens with zero attached hydrogens (tertiary/aromatic N) is 3. The first kappa shape index (κ1) is 11.8. The van der Waals surface area contributed by atoms with E-state index < -0.39 is 0 Å². The van der Waals surface area contributed by atoms with Gasteiger partial charge in [0.15, 0.2) is 0 Å². The molecular weight excluding hydrogens is 238 g/mol. The maximum Gasteiger partial charge on any atom is 0.229 e. The van der Waals surface area contributed by atoms with E-state index in [4.69, 9.17) is 5.73 Å². The molecule has 3 rings (SSSR count). The average molecular weight is 255 g/mol. The minimum Gasteiger partial charge on any atom is -0.383 e. The smallest absolute Gasteiger partial charge is 0.229 e. The van der Waals surface area contributed by atoms with Gasteiger partial charge in [0.2, 0.25) is 5.95 Å². The Kier molecular flexibility index (Phi) is 3.18. The molecule has 0 unspecified atom stereocenters. The fraction of sp³-hybridized carbons (Fsp3) is 0.286. The van der Waals surface area contributed by atoms with Crippen LogP contribution in [0, 0.1) is 0 Å². The molecule has 0 bridgehead atoms. The maximum absolute atomic E-state index is 5.86. The fourth-order valence-electron chi connectivity index (χ4n) is 2.24. The number of rotatable bonds is 3. The van der Waals surface area contributed by atoms with Crippen LogP contribution in [-0.2, 0) is 0 Å². The molecule has 1 fully saturated rings. The summed E-state index contributed by atoms with van der Waals surface area (Å²) in [6.45, 7) is 2.02. The molecule has 5 nitrogen and oxygen atoms in total. The third kappa shape index (κ3) is 2.76. The molecule has 1 aliphatic rings. The summed E-state index contributed by atoms with van der Waals surface area (Å²) in [5, 5.41) is 3.25. The van der Waals surface area contributed by atoms with E-state index in [0.717, 1.165) is 30.5 Å². The lowest BCUT2D eigenvalue weighted by Crippen LogP contribution is -2.21. The number of hydrogen-bond donors (Lipinski definition) is 2. The lowest BCUT2D eigenvalue weighted by atomic mass is 10.3. The third-order valence-corrected chi connectivity index (χ3v) is 3.17. The van der Waals surface area contributed by atoms with Crippen molar-refractivity contribution in [2.75, 3.05) is 29.0 Å². The Morgan fingerprint density at radius 1 is 1.05 bits per heavy atom. The monoisotopic (exact) mass is 255 g/mol. The first-order valence-electron chi connectivity index (χ1n) is 6.53. The average Bonchev–Trinajstić information content (AvgIpc) is 2.93. The highest BCUT2D eigenvalue weighted by Gasteiger charge is 2.16. The second-order valence-corrected chi connectivity index (χ2v) is 4.66. The summed E-state index contributed by atoms with van der Waals surface area (Å²) in [4.78, 5) is 11.0. The molecule has 5 heteroatoms. The summed E-state index contributed by atoms with van der Waals surface area (Å²) >= 11 is 0. The molecule has 0 spiro atoms. The molecule has 98 valence electrons. The van der Waals surface area contributed by atoms with Crippen LogP contribution in [0.3, 0.4) is 0 Å². The van der Waals surface area contributed by atoms with Crippen molar-refractivity contribution in [3.63, 3.8) is 0 Å². The summed E-state index contributed by atoms with van der Waals surface area (Å²) in [6, 6.07) is 11.7. The van der Waals surface area contributed by atoms with Crippen molar-refractivity contribution in [2.45, 2.75) is 12.8 Å². The Morgan fingerprint density at radius 2 is 1.79 bits per heavy atom. The van der Waals surface area contributed by atoms with Crippen molar-refractivity contribution < 1.29 is 0 Å². The van der Waals surface area contributed by atoms with E-state index in [-0.39, 0.29) is 0 Å². The minimum absolute atomic E-state index is 0.496. The van der Waals surface area contributed by atoms with Gasteiger partial charge in [0.05, 0.1) is 0 Å². The lowest BCUT2D eigenvalue weighted by Gasteiger charge is -2.16. The van der Waals surface area contributed by atoms with Crippen molar-refractivity contribution in [2.24, 2.45) is 0 Å². The van der Waals surface area contributed by atoms with Gasteiger partial charge in [0.1, 0.15) is 11.6 Å². The Morgan fingerprint density at radius 3 is 2.53 bits per heavy atom. The van der Waals surface area contributed by atoms with Crippen molar-refractivity contribution >= 4 is 23.3 Å². The minimum atomic E-state index is 0.496. The normalized spacial score (nSPS) is 14.6. The molecule has 2 aromatic rings. The quantitative estimate of drug-likeness (QED) is 0.881. The summed E-state index contributed by atoms with van der Waals surface area (Å²) in [6.07, 6.45) is 2.39. The molecule has 0 atom stereocenters. The van der Waals surface area contributed by atoms with Crippen LogP contribution in [0.1, 0.15) is 12.8 Å². The maximum atomic E-state index is 5.86. The van der Waals surface area contributed by atoms with Gasteiger partial charge >= 0.3 is 0 Å². The van der Waals surface area contributed by atoms with Crippen molar-refractivity contribution in [1.29, 1.82) is 0 Å². The van der Waals surface area contributed by atoms with Crippen molar-refractivity contribution in [3.8, 4) is 0 Å². The number of hydrogen-bond acceptors (Lipinski definition) is 5. The number of aromatic nitrogens is 2. The van der Waals surface area contributed by atoms with Crippen LogP contribution in [0.4, 0.5) is 23.3 Å². The molecule has 0 amide bonds. The first-order valence-corrected chi connectivity index (χ1v) is 6.53. The number of nitrogens with two attached hydrogens (primary N) is 1. The van der Waals surface area contributed by atoms with E-state index >= 15 is 0 Å². The van der Waals surface area contributed by atoms with Gasteiger partial charge in [-0.3, -0.25) is 0 Å². The SMILES string of the molecule is Nc1cc(Nc2ccccc2)nc(N2CCCC2)n1. The van der Waals surface area contributed by atoms with Crippen LogP contribution in [0.15, 0.2) is 36.4 Å². The van der Waals surface area contributed by atoms with Crippen molar-refractivity contribution in [3.05, 3.63) is 36.4 Å². The molecule has 1 aliphatic heterocycles. The molecule has 0 saturated carbocycles. The first-order chi connectivity index (χ1) is 9.31. The van der Waals surface area contributed by atoms with Crippen LogP contribution in [-0.4, -0.2) is 23.1 Å². The second kappa shape index (κ2) is 5.14. The van der Waals surface area contributed by atoms with Crippen LogP contribution >= 0.6 is 0 Å². The van der Waals surface area contributed by atoms with Crippen LogP contribution in [0.25, 0.3) is 0 Å². The molecule has 0 aliphatic carbocycles. The molecule has 1 aromatic carbocycles. The van der Waals surface area contributed by atoms with Crippen LogP contribution < -0.4 is 16.0 Å². The molecule has 3 N–H and O–H groups in total. The van der Waals surface area contributed by atoms with Crippen LogP contribution in [0.5, 0.6) is 0 Å². The Hall–Kier alpha value is -2.30. The van der Waals surface area contributed by atoms with E-state index in [2.05, 4.69) is 20.2 Å². The standard InChI is InChI=1S/C14H17N5/c15-12-10-13(16-11-6-2-1-3-7-11)18-14(17-12)19-8-4-5-9-19/h1-3,6-7,10H,4-5,8-9H2,(H3,15,16,17,18). The van der Waals surface area contributed by atoms with Gasteiger partial charge in [-0.15, -0.1) is 0 Å². The number of nitrogens with one attached hydrogen (secondary N) is 1. The predicted octanol–water partition coefficient (Wildman–Crippen LogP) is 2.40. The zero-order valence-corrected chi connectivity index (χ0v) is 10.7. The van der Waals surface area contributed by atoms with E-state index in [1.165, 1.54) is 12.8 Å². The zero-order chi connectivity index (χ0) is 13.1. The topological polar surface area (TPSA) is 67.1 Å². The van der Waals surface area contributed by atoms with Crippen LogP contribution in [0.2, 0.25) is 0 Å². The van der Waals surface area contributed by atoms with Crippen molar-refractivity contribution in [1.82, 2.24) is 9.97 Å². The van der Waals surface area contributed by atoms with Gasteiger partial charge < -0.3 is 16.0 Å². The molecular formula is C14H17N5. The van der Waals surface area contributed by atoms with Gasteiger partial charge in [-0.05, 0) is 25.0 Å². The molecule has 2 heterocycles. The zero-order valence-electron chi connectivity index (χ0n) is 10.7. The third-order valence-electron chi connectivity index (χ3n) is 3.17. The van der Waals surface area contributed by atoms with Gasteiger partial charge in [0, 0.05) is 24.8 Å². The molecule has 19 heavy (non-hydrogen) atoms. The fourth-order valence-corrected chi connectivity index (χ4v) is 2.24. The predicted molar refractivity (Wildman–Crippen MR) is 77.6 cm³/mol. The summed E-state index contributed by atoms with van der Waals surface area (Å²) in [5.74, 6) is 1.95. The molecule has 1 aromatic heterocycles. The Bertz CT molecular complexity index is 549. The number of anilines is 4. The van der Waals surface area contributed by atoms with E-state index in [1.807, 2.05) is 30.3 Å². The van der Waals surface area contributed by atoms with Gasteiger partial charge in [-0.25, -0.2) is 0 Å². The summed E-state index contributed by atoms with van der Waals surface area (Å²) in [5.41, 5.74) is 6.86. The largest absolute Gasteiger partial charge is 0.383 e. The highest BCUT2D eigenvalue weighted by Crippen LogP contribution is 2.21. The van der Waals surface area contributed by atoms with Gasteiger partial charge in [-0.1, -0.05) is 18.2 Å². The number of benzene rings is 1. The number of para-hydroxylation sites is 1. The summed E-state index contributed by atoms with van der Waals surface area (Å²) in [7, 11) is 0. The van der Waals surface area contributed by atoms with Gasteiger partial charge in [-0.2, -0.15) is 9.97 Å². The lowest BCUT2D eigenvalue weighted by molar-refractivity contribution is 0.902. The highest BCUT2D eigenvalue weighted by atomic mass is 15.3.